The lowest BCUT2D eigenvalue weighted by Crippen LogP contribution is -2.41. The molecule has 2 heterocycles. The van der Waals surface area contributed by atoms with Gasteiger partial charge in [-0.3, -0.25) is 0 Å². The number of nitrogens with zero attached hydrogens (tertiary/aromatic N) is 3. The van der Waals surface area contributed by atoms with Gasteiger partial charge in [0.05, 0.1) is 7.11 Å². The van der Waals surface area contributed by atoms with Gasteiger partial charge in [-0.2, -0.15) is 0 Å². The van der Waals surface area contributed by atoms with Gasteiger partial charge in [-0.1, -0.05) is 0 Å². The topological polar surface area (TPSA) is 45.7 Å². The second-order valence-corrected chi connectivity index (χ2v) is 5.49. The number of rotatable bonds is 3. The molecule has 1 aliphatic rings. The van der Waals surface area contributed by atoms with E-state index in [1.165, 1.54) is 18.4 Å². The minimum atomic E-state index is -0.366. The van der Waals surface area contributed by atoms with Crippen LogP contribution in [0.25, 0.3) is 0 Å². The Kier molecular flexibility index (Phi) is 4.19. The number of piperidine rings is 1. The van der Waals surface area contributed by atoms with Gasteiger partial charge in [-0.25, -0.2) is 9.78 Å². The van der Waals surface area contributed by atoms with E-state index in [4.69, 9.17) is 0 Å². The van der Waals surface area contributed by atoms with E-state index in [1.54, 1.807) is 5.38 Å². The van der Waals surface area contributed by atoms with Crippen LogP contribution in [-0.4, -0.2) is 56.2 Å². The molecule has 0 radical (unpaired) electrons. The maximum absolute atomic E-state index is 11.4. The molecule has 6 heteroatoms. The molecule has 0 saturated carbocycles. The van der Waals surface area contributed by atoms with Gasteiger partial charge in [0, 0.05) is 18.5 Å². The highest BCUT2D eigenvalue weighted by atomic mass is 32.1. The number of thiazole rings is 1. The third-order valence-electron chi connectivity index (χ3n) is 3.42. The fourth-order valence-corrected chi connectivity index (χ4v) is 3.00. The predicted octanol–water partition coefficient (Wildman–Crippen LogP) is 1.46. The van der Waals surface area contributed by atoms with Gasteiger partial charge in [0.25, 0.3) is 0 Å². The molecule has 0 N–H and O–H groups in total. The van der Waals surface area contributed by atoms with Crippen LogP contribution in [0.3, 0.4) is 0 Å². The first-order valence-electron chi connectivity index (χ1n) is 6.07. The summed E-state index contributed by atoms with van der Waals surface area (Å²) in [7, 11) is 5.58. The molecular formula is C12H19N3O2S. The Morgan fingerprint density at radius 3 is 2.83 bits per heavy atom. The van der Waals surface area contributed by atoms with Crippen molar-refractivity contribution in [1.29, 1.82) is 0 Å². The first-order valence-corrected chi connectivity index (χ1v) is 6.95. The Hall–Kier alpha value is -1.14. The van der Waals surface area contributed by atoms with Crippen LogP contribution in [0.15, 0.2) is 5.38 Å². The smallest absolute Gasteiger partial charge is 0.357 e. The molecule has 0 unspecified atom stereocenters. The van der Waals surface area contributed by atoms with Gasteiger partial charge in [0.15, 0.2) is 10.8 Å². The van der Waals surface area contributed by atoms with E-state index in [0.717, 1.165) is 31.1 Å². The zero-order chi connectivity index (χ0) is 13.1. The van der Waals surface area contributed by atoms with Crippen LogP contribution >= 0.6 is 11.3 Å². The number of anilines is 1. The largest absolute Gasteiger partial charge is 0.464 e. The molecule has 1 fully saturated rings. The molecule has 0 spiro atoms. The molecule has 0 amide bonds. The lowest BCUT2D eigenvalue weighted by Gasteiger charge is -2.34. The van der Waals surface area contributed by atoms with E-state index in [2.05, 4.69) is 33.6 Å². The summed E-state index contributed by atoms with van der Waals surface area (Å²) in [6, 6.07) is 0.512. The molecular weight excluding hydrogens is 250 g/mol. The van der Waals surface area contributed by atoms with Crippen LogP contribution in [0.2, 0.25) is 0 Å². The Labute approximate surface area is 111 Å². The van der Waals surface area contributed by atoms with Crippen molar-refractivity contribution in [2.24, 2.45) is 0 Å². The summed E-state index contributed by atoms with van der Waals surface area (Å²) in [4.78, 5) is 20.2. The number of esters is 1. The van der Waals surface area contributed by atoms with Gasteiger partial charge in [-0.05, 0) is 33.0 Å². The maximum Gasteiger partial charge on any atom is 0.357 e. The number of hydrogen-bond acceptors (Lipinski definition) is 6. The number of methoxy groups -OCH3 is 1. The van der Waals surface area contributed by atoms with Gasteiger partial charge in [0.2, 0.25) is 0 Å². The SMILES string of the molecule is COC(=O)c1csc(N(C)C2CCN(C)CC2)n1. The number of carbonyl (C=O) groups excluding carboxylic acids is 1. The van der Waals surface area contributed by atoms with Gasteiger partial charge < -0.3 is 14.5 Å². The molecule has 2 rings (SSSR count). The van der Waals surface area contributed by atoms with E-state index >= 15 is 0 Å². The van der Waals surface area contributed by atoms with Gasteiger partial charge in [-0.15, -0.1) is 11.3 Å². The van der Waals surface area contributed by atoms with Crippen LogP contribution in [0.1, 0.15) is 23.3 Å². The molecule has 0 atom stereocenters. The number of hydrogen-bond donors (Lipinski definition) is 0. The normalized spacial score (nSPS) is 17.7. The van der Waals surface area contributed by atoms with Crippen molar-refractivity contribution in [3.63, 3.8) is 0 Å². The first-order chi connectivity index (χ1) is 8.61. The fraction of sp³-hybridized carbons (Fsp3) is 0.667. The van der Waals surface area contributed by atoms with E-state index < -0.39 is 0 Å². The number of carbonyl (C=O) groups is 1. The maximum atomic E-state index is 11.4. The minimum absolute atomic E-state index is 0.366. The van der Waals surface area contributed by atoms with E-state index in [0.29, 0.717) is 11.7 Å². The third kappa shape index (κ3) is 2.81. The monoisotopic (exact) mass is 269 g/mol. The van der Waals surface area contributed by atoms with E-state index in [9.17, 15) is 4.79 Å². The molecule has 1 aromatic rings. The summed E-state index contributed by atoms with van der Waals surface area (Å²) in [5, 5.41) is 2.65. The van der Waals surface area contributed by atoms with Crippen LogP contribution < -0.4 is 4.90 Å². The molecule has 5 nitrogen and oxygen atoms in total. The quantitative estimate of drug-likeness (QED) is 0.777. The predicted molar refractivity (Wildman–Crippen MR) is 72.4 cm³/mol. The summed E-state index contributed by atoms with van der Waals surface area (Å²) in [5.41, 5.74) is 0.400. The van der Waals surface area contributed by atoms with Crippen molar-refractivity contribution in [1.82, 2.24) is 9.88 Å². The van der Waals surface area contributed by atoms with Crippen molar-refractivity contribution in [2.45, 2.75) is 18.9 Å². The molecule has 0 bridgehead atoms. The Balaban J connectivity index is 2.02. The van der Waals surface area contributed by atoms with E-state index in [-0.39, 0.29) is 5.97 Å². The lowest BCUT2D eigenvalue weighted by molar-refractivity contribution is 0.0595. The highest BCUT2D eigenvalue weighted by molar-refractivity contribution is 7.13. The summed E-state index contributed by atoms with van der Waals surface area (Å²) in [6.45, 7) is 2.23. The number of aromatic nitrogens is 1. The van der Waals surface area contributed by atoms with Gasteiger partial charge in [0.1, 0.15) is 0 Å². The van der Waals surface area contributed by atoms with Crippen molar-refractivity contribution in [2.75, 3.05) is 39.2 Å². The highest BCUT2D eigenvalue weighted by Crippen LogP contribution is 2.25. The average Bonchev–Trinajstić information content (AvgIpc) is 2.87. The first kappa shape index (κ1) is 13.3. The van der Waals surface area contributed by atoms with Gasteiger partial charge >= 0.3 is 5.97 Å². The van der Waals surface area contributed by atoms with E-state index in [1.807, 2.05) is 0 Å². The standard InChI is InChI=1S/C12H19N3O2S/c1-14-6-4-9(5-7-14)15(2)12-13-10(8-18-12)11(16)17-3/h8-9H,4-7H2,1-3H3. The second-order valence-electron chi connectivity index (χ2n) is 4.65. The Morgan fingerprint density at radius 2 is 2.22 bits per heavy atom. The number of ether oxygens (including phenoxy) is 1. The van der Waals surface area contributed by atoms with Crippen LogP contribution in [0.4, 0.5) is 5.13 Å². The minimum Gasteiger partial charge on any atom is -0.464 e. The molecule has 100 valence electrons. The second kappa shape index (κ2) is 5.67. The number of likely N-dealkylation sites (tertiary alicyclic amines) is 1. The zero-order valence-electron chi connectivity index (χ0n) is 11.0. The third-order valence-corrected chi connectivity index (χ3v) is 4.36. The van der Waals surface area contributed by atoms with Crippen LogP contribution in [0, 0.1) is 0 Å². The van der Waals surface area contributed by atoms with Crippen molar-refractivity contribution in [3.05, 3.63) is 11.1 Å². The van der Waals surface area contributed by atoms with Crippen molar-refractivity contribution >= 4 is 22.4 Å². The van der Waals surface area contributed by atoms with Crippen molar-refractivity contribution in [3.8, 4) is 0 Å². The summed E-state index contributed by atoms with van der Waals surface area (Å²) >= 11 is 1.50. The zero-order valence-corrected chi connectivity index (χ0v) is 11.9. The summed E-state index contributed by atoms with van der Waals surface area (Å²) in [6.07, 6.45) is 2.28. The Bertz CT molecular complexity index is 413. The van der Waals surface area contributed by atoms with Crippen LogP contribution in [-0.2, 0) is 4.74 Å². The molecule has 0 aromatic carbocycles. The average molecular weight is 269 g/mol. The molecule has 1 saturated heterocycles. The fourth-order valence-electron chi connectivity index (χ4n) is 2.16. The molecule has 1 aromatic heterocycles. The molecule has 1 aliphatic heterocycles. The lowest BCUT2D eigenvalue weighted by atomic mass is 10.0. The molecule has 18 heavy (non-hydrogen) atoms. The Morgan fingerprint density at radius 1 is 1.56 bits per heavy atom. The van der Waals surface area contributed by atoms with Crippen LogP contribution in [0.5, 0.6) is 0 Å². The summed E-state index contributed by atoms with van der Waals surface area (Å²) < 4.78 is 4.67. The highest BCUT2D eigenvalue weighted by Gasteiger charge is 2.23. The summed E-state index contributed by atoms with van der Waals surface area (Å²) in [5.74, 6) is -0.366. The molecule has 0 aliphatic carbocycles. The van der Waals surface area contributed by atoms with Crippen molar-refractivity contribution < 1.29 is 9.53 Å².